The van der Waals surface area contributed by atoms with Crippen LogP contribution in [0.25, 0.3) is 0 Å². The molecule has 39 heavy (non-hydrogen) atoms. The number of amides is 3. The van der Waals surface area contributed by atoms with Gasteiger partial charge in [-0.1, -0.05) is 0 Å². The van der Waals surface area contributed by atoms with Crippen LogP contribution in [0.3, 0.4) is 0 Å². The number of aromatic nitrogens is 2. The minimum absolute atomic E-state index is 0.0771. The zero-order valence-electron chi connectivity index (χ0n) is 21.4. The molecular weight excluding hydrogens is 502 g/mol. The summed E-state index contributed by atoms with van der Waals surface area (Å²) in [6.07, 6.45) is 9.86. The van der Waals surface area contributed by atoms with E-state index in [4.69, 9.17) is 9.47 Å². The van der Waals surface area contributed by atoms with Crippen molar-refractivity contribution in [1.29, 1.82) is 5.26 Å². The maximum absolute atomic E-state index is 13.4. The number of carbonyl (C=O) groups excluding carboxylic acids is 3. The van der Waals surface area contributed by atoms with Crippen LogP contribution in [0.4, 0.5) is 26.9 Å². The van der Waals surface area contributed by atoms with Crippen LogP contribution < -0.4 is 15.1 Å². The fourth-order valence-corrected chi connectivity index (χ4v) is 4.89. The third-order valence-corrected chi connectivity index (χ3v) is 6.89. The van der Waals surface area contributed by atoms with Crippen LogP contribution in [0.2, 0.25) is 0 Å². The second-order valence-electron chi connectivity index (χ2n) is 9.29. The highest BCUT2D eigenvalue weighted by molar-refractivity contribution is 6.02. The molecule has 2 aromatic rings. The normalized spacial score (nSPS) is 18.3. The van der Waals surface area contributed by atoms with Gasteiger partial charge in [0, 0.05) is 50.8 Å². The van der Waals surface area contributed by atoms with E-state index in [0.717, 1.165) is 18.5 Å². The van der Waals surface area contributed by atoms with Gasteiger partial charge in [-0.05, 0) is 43.0 Å². The van der Waals surface area contributed by atoms with Crippen LogP contribution in [-0.2, 0) is 22.4 Å². The average molecular weight is 530 g/mol. The summed E-state index contributed by atoms with van der Waals surface area (Å²) in [6.45, 7) is 1.87. The molecule has 1 N–H and O–H groups in total. The van der Waals surface area contributed by atoms with Crippen molar-refractivity contribution in [2.45, 2.75) is 31.9 Å². The molecule has 12 heteroatoms. The summed E-state index contributed by atoms with van der Waals surface area (Å²) in [6, 6.07) is 5.22. The van der Waals surface area contributed by atoms with Crippen LogP contribution >= 0.6 is 0 Å². The van der Waals surface area contributed by atoms with Gasteiger partial charge in [0.15, 0.2) is 6.29 Å². The summed E-state index contributed by atoms with van der Waals surface area (Å²) >= 11 is 0. The van der Waals surface area contributed by atoms with Crippen molar-refractivity contribution < 1.29 is 23.9 Å². The lowest BCUT2D eigenvalue weighted by Crippen LogP contribution is -2.40. The smallest absolute Gasteiger partial charge is 0.418 e. The predicted octanol–water partition coefficient (Wildman–Crippen LogP) is 3.35. The van der Waals surface area contributed by atoms with E-state index in [1.807, 2.05) is 11.0 Å². The van der Waals surface area contributed by atoms with Gasteiger partial charge in [0.1, 0.15) is 23.4 Å². The van der Waals surface area contributed by atoms with E-state index in [1.54, 1.807) is 31.5 Å². The molecule has 5 heterocycles. The Morgan fingerprint density at radius 1 is 1.33 bits per heavy atom. The number of ether oxygens (including phenoxy) is 2. The number of hydrogen-bond acceptors (Lipinski definition) is 9. The third-order valence-electron chi connectivity index (χ3n) is 6.89. The number of rotatable bonds is 6. The summed E-state index contributed by atoms with van der Waals surface area (Å²) < 4.78 is 10.4. The second-order valence-corrected chi connectivity index (χ2v) is 9.29. The zero-order valence-corrected chi connectivity index (χ0v) is 21.4. The predicted molar refractivity (Wildman–Crippen MR) is 141 cm³/mol. The molecular formula is C27H27N7O5. The second kappa shape index (κ2) is 11.3. The van der Waals surface area contributed by atoms with E-state index in [0.29, 0.717) is 60.7 Å². The first-order valence-electron chi connectivity index (χ1n) is 12.6. The monoisotopic (exact) mass is 529 g/mol. The molecule has 0 spiro atoms. The fraction of sp³-hybridized carbons (Fsp3) is 0.333. The Balaban J connectivity index is 1.37. The zero-order chi connectivity index (χ0) is 27.4. The van der Waals surface area contributed by atoms with Gasteiger partial charge in [-0.3, -0.25) is 19.9 Å². The number of aldehydes is 1. The van der Waals surface area contributed by atoms with Crippen molar-refractivity contribution >= 4 is 35.7 Å². The summed E-state index contributed by atoms with van der Waals surface area (Å²) in [5.41, 5.74) is 2.57. The van der Waals surface area contributed by atoms with E-state index in [2.05, 4.69) is 21.4 Å². The van der Waals surface area contributed by atoms with Gasteiger partial charge >= 0.3 is 12.1 Å². The Labute approximate surface area is 225 Å². The van der Waals surface area contributed by atoms with Gasteiger partial charge in [0.25, 0.3) is 0 Å². The lowest BCUT2D eigenvalue weighted by atomic mass is 10.0. The maximum Gasteiger partial charge on any atom is 0.418 e. The number of aryl methyl sites for hydroxylation is 1. The molecule has 12 nitrogen and oxygen atoms in total. The fourth-order valence-electron chi connectivity index (χ4n) is 4.89. The Kier molecular flexibility index (Phi) is 7.51. The maximum atomic E-state index is 13.4. The molecule has 3 amide bonds. The van der Waals surface area contributed by atoms with Crippen molar-refractivity contribution in [1.82, 2.24) is 14.9 Å². The number of pyridine rings is 2. The molecule has 200 valence electrons. The first-order valence-corrected chi connectivity index (χ1v) is 12.6. The highest BCUT2D eigenvalue weighted by atomic mass is 16.5. The lowest BCUT2D eigenvalue weighted by molar-refractivity contribution is 0.111. The van der Waals surface area contributed by atoms with E-state index < -0.39 is 12.1 Å². The molecule has 1 atom stereocenters. The molecule has 0 saturated carbocycles. The Bertz CT molecular complexity index is 1400. The van der Waals surface area contributed by atoms with Crippen LogP contribution in [-0.4, -0.2) is 66.1 Å². The standard InChI is InChI=1S/C27H27N7O5/c1-38-21-6-9-32(16-21)23-12-24(29-14-20(23)13-28)31-26(36)34-8-4-5-18-11-19(22(17-35)30-25(18)34)15-33-7-2-3-10-39-27(33)37/h2-3,7,10-12,14,17,21H,4-6,8-9,15-16H2,1H3,(H,29,31,36)/t21-/m1/s1. The molecule has 0 radical (unpaired) electrons. The quantitative estimate of drug-likeness (QED) is 0.558. The van der Waals surface area contributed by atoms with Gasteiger partial charge in [0.2, 0.25) is 0 Å². The number of nitrogens with one attached hydrogen (secondary N) is 1. The van der Waals surface area contributed by atoms with E-state index in [-0.39, 0.29) is 18.3 Å². The Hall–Kier alpha value is -4.76. The number of hydrogen-bond donors (Lipinski definition) is 1. The molecule has 0 bridgehead atoms. The molecule has 1 saturated heterocycles. The van der Waals surface area contributed by atoms with Gasteiger partial charge in [0.05, 0.1) is 30.2 Å². The Morgan fingerprint density at radius 3 is 2.97 bits per heavy atom. The van der Waals surface area contributed by atoms with E-state index >= 15 is 0 Å². The van der Waals surface area contributed by atoms with Crippen LogP contribution in [0, 0.1) is 11.3 Å². The first kappa shape index (κ1) is 25.9. The number of methoxy groups -OCH3 is 1. The highest BCUT2D eigenvalue weighted by Crippen LogP contribution is 2.30. The van der Waals surface area contributed by atoms with Crippen molar-refractivity contribution in [2.24, 2.45) is 0 Å². The number of fused-ring (bicyclic) bond motifs is 1. The summed E-state index contributed by atoms with van der Waals surface area (Å²) in [5, 5.41) is 12.4. The first-order chi connectivity index (χ1) is 19.0. The molecule has 0 aromatic carbocycles. The number of cyclic esters (lactones) is 1. The average Bonchev–Trinajstić information content (AvgIpc) is 3.35. The molecule has 5 rings (SSSR count). The van der Waals surface area contributed by atoms with Crippen molar-refractivity contribution in [3.63, 3.8) is 0 Å². The van der Waals surface area contributed by atoms with E-state index in [1.165, 1.54) is 22.3 Å². The van der Waals surface area contributed by atoms with Crippen LogP contribution in [0.5, 0.6) is 0 Å². The summed E-state index contributed by atoms with van der Waals surface area (Å²) in [4.78, 5) is 51.1. The molecule has 0 unspecified atom stereocenters. The number of carbonyl (C=O) groups is 3. The summed E-state index contributed by atoms with van der Waals surface area (Å²) in [5.74, 6) is 0.686. The van der Waals surface area contributed by atoms with Crippen LogP contribution in [0.15, 0.2) is 42.9 Å². The molecule has 0 aliphatic carbocycles. The minimum atomic E-state index is -0.573. The number of urea groups is 1. The van der Waals surface area contributed by atoms with Gasteiger partial charge in [-0.25, -0.2) is 19.6 Å². The van der Waals surface area contributed by atoms with Gasteiger partial charge in [-0.2, -0.15) is 5.26 Å². The Morgan fingerprint density at radius 2 is 2.21 bits per heavy atom. The molecule has 2 aromatic heterocycles. The topological polar surface area (TPSA) is 141 Å². The van der Waals surface area contributed by atoms with Crippen LogP contribution in [0.1, 0.15) is 40.0 Å². The molecule has 3 aliphatic rings. The SMILES string of the molecule is CO[C@@H]1CCN(c2cc(NC(=O)N3CCCc4cc(CN5C=CC=COC5=O)c(C=O)nc43)ncc2C#N)C1. The molecule has 1 fully saturated rings. The van der Waals surface area contributed by atoms with Crippen molar-refractivity contribution in [2.75, 3.05) is 41.9 Å². The largest absolute Gasteiger partial charge is 0.418 e. The van der Waals surface area contributed by atoms with Gasteiger partial charge in [-0.15, -0.1) is 0 Å². The summed E-state index contributed by atoms with van der Waals surface area (Å²) in [7, 11) is 1.67. The third kappa shape index (κ3) is 5.44. The van der Waals surface area contributed by atoms with E-state index in [9.17, 15) is 19.6 Å². The number of nitriles is 1. The number of nitrogens with zero attached hydrogens (tertiary/aromatic N) is 6. The minimum Gasteiger partial charge on any atom is -0.418 e. The van der Waals surface area contributed by atoms with Gasteiger partial charge < -0.3 is 14.4 Å². The number of anilines is 3. The number of allylic oxidation sites excluding steroid dienone is 2. The highest BCUT2D eigenvalue weighted by Gasteiger charge is 2.28. The lowest BCUT2D eigenvalue weighted by Gasteiger charge is -2.29. The van der Waals surface area contributed by atoms with Crippen molar-refractivity contribution in [3.05, 3.63) is 65.3 Å². The molecule has 3 aliphatic heterocycles. The van der Waals surface area contributed by atoms with Crippen molar-refractivity contribution in [3.8, 4) is 6.07 Å².